The van der Waals surface area contributed by atoms with Crippen molar-refractivity contribution in [2.45, 2.75) is 18.8 Å². The number of rotatable bonds is 2. The summed E-state index contributed by atoms with van der Waals surface area (Å²) in [6, 6.07) is 8.81. The van der Waals surface area contributed by atoms with E-state index in [-0.39, 0.29) is 17.2 Å². The fraction of sp³-hybridized carbons (Fsp3) is 0.267. The first-order chi connectivity index (χ1) is 8.16. The van der Waals surface area contributed by atoms with E-state index in [0.29, 0.717) is 6.42 Å². The monoisotopic (exact) mass is 227 g/mol. The quantitative estimate of drug-likeness (QED) is 0.755. The maximum Gasteiger partial charge on any atom is 0.123 e. The van der Waals surface area contributed by atoms with Gasteiger partial charge in [-0.15, -0.1) is 0 Å². The average molecular weight is 227 g/mol. The van der Waals surface area contributed by atoms with Gasteiger partial charge < -0.3 is 0 Å². The molecule has 0 bridgehead atoms. The summed E-state index contributed by atoms with van der Waals surface area (Å²) in [5.74, 6) is -0.137. The van der Waals surface area contributed by atoms with Crippen molar-refractivity contribution in [1.82, 2.24) is 0 Å². The van der Waals surface area contributed by atoms with E-state index in [2.05, 4.69) is 6.07 Å². The second-order valence-electron chi connectivity index (χ2n) is 4.51. The first kappa shape index (κ1) is 11.6. The SMILES string of the molecule is CC1(c2cccc(F)c2)C=CC=CC1CC#N. The van der Waals surface area contributed by atoms with Crippen molar-refractivity contribution < 1.29 is 4.39 Å². The molecular formula is C15H14FN. The third-order valence-electron chi connectivity index (χ3n) is 3.43. The lowest BCUT2D eigenvalue weighted by atomic mass is 9.68. The van der Waals surface area contributed by atoms with Gasteiger partial charge in [-0.1, -0.05) is 43.4 Å². The molecule has 2 unspecified atom stereocenters. The van der Waals surface area contributed by atoms with Crippen LogP contribution in [0.15, 0.2) is 48.6 Å². The van der Waals surface area contributed by atoms with Crippen LogP contribution in [0.1, 0.15) is 18.9 Å². The van der Waals surface area contributed by atoms with Gasteiger partial charge in [0.05, 0.1) is 6.07 Å². The summed E-state index contributed by atoms with van der Waals surface area (Å²) in [5.41, 5.74) is 0.616. The van der Waals surface area contributed by atoms with E-state index < -0.39 is 0 Å². The Balaban J connectivity index is 2.43. The predicted molar refractivity (Wildman–Crippen MR) is 65.8 cm³/mol. The lowest BCUT2D eigenvalue weighted by Gasteiger charge is -2.34. The maximum atomic E-state index is 13.3. The van der Waals surface area contributed by atoms with Crippen LogP contribution in [0.3, 0.4) is 0 Å². The Morgan fingerprint density at radius 1 is 1.41 bits per heavy atom. The Hall–Kier alpha value is -1.88. The van der Waals surface area contributed by atoms with E-state index >= 15 is 0 Å². The zero-order chi connectivity index (χ0) is 12.3. The van der Waals surface area contributed by atoms with Crippen LogP contribution in [-0.4, -0.2) is 0 Å². The topological polar surface area (TPSA) is 23.8 Å². The number of nitriles is 1. The van der Waals surface area contributed by atoms with Crippen LogP contribution in [-0.2, 0) is 5.41 Å². The van der Waals surface area contributed by atoms with Crippen LogP contribution in [0.2, 0.25) is 0 Å². The van der Waals surface area contributed by atoms with Crippen LogP contribution in [0.4, 0.5) is 4.39 Å². The number of hydrogen-bond acceptors (Lipinski definition) is 1. The number of halogens is 1. The number of benzene rings is 1. The van der Waals surface area contributed by atoms with E-state index in [1.807, 2.05) is 37.3 Å². The highest BCUT2D eigenvalue weighted by atomic mass is 19.1. The van der Waals surface area contributed by atoms with Crippen LogP contribution in [0, 0.1) is 23.1 Å². The Bertz CT molecular complexity index is 510. The zero-order valence-corrected chi connectivity index (χ0v) is 9.73. The smallest absolute Gasteiger partial charge is 0.123 e. The molecular weight excluding hydrogens is 213 g/mol. The molecule has 0 aliphatic heterocycles. The van der Waals surface area contributed by atoms with Gasteiger partial charge >= 0.3 is 0 Å². The molecule has 0 heterocycles. The van der Waals surface area contributed by atoms with E-state index in [1.165, 1.54) is 6.07 Å². The molecule has 0 saturated heterocycles. The zero-order valence-electron chi connectivity index (χ0n) is 9.73. The van der Waals surface area contributed by atoms with Gasteiger partial charge in [0.1, 0.15) is 5.82 Å². The van der Waals surface area contributed by atoms with Gasteiger partial charge in [-0.2, -0.15) is 5.26 Å². The highest BCUT2D eigenvalue weighted by molar-refractivity contribution is 5.37. The van der Waals surface area contributed by atoms with Crippen molar-refractivity contribution in [3.63, 3.8) is 0 Å². The molecule has 2 atom stereocenters. The van der Waals surface area contributed by atoms with Crippen LogP contribution >= 0.6 is 0 Å². The third kappa shape index (κ3) is 2.14. The molecule has 0 radical (unpaired) electrons. The molecule has 86 valence electrons. The molecule has 2 rings (SSSR count). The summed E-state index contributed by atoms with van der Waals surface area (Å²) < 4.78 is 13.3. The third-order valence-corrected chi connectivity index (χ3v) is 3.43. The van der Waals surface area contributed by atoms with Crippen molar-refractivity contribution in [3.8, 4) is 6.07 Å². The molecule has 0 fully saturated rings. The summed E-state index contributed by atoms with van der Waals surface area (Å²) in [6.07, 6.45) is 8.41. The highest BCUT2D eigenvalue weighted by Crippen LogP contribution is 2.38. The molecule has 1 aliphatic rings. The van der Waals surface area contributed by atoms with Crippen molar-refractivity contribution >= 4 is 0 Å². The van der Waals surface area contributed by atoms with Crippen molar-refractivity contribution in [2.75, 3.05) is 0 Å². The van der Waals surface area contributed by atoms with Gasteiger partial charge in [0.25, 0.3) is 0 Å². The lowest BCUT2D eigenvalue weighted by molar-refractivity contribution is 0.429. The Morgan fingerprint density at radius 3 is 2.94 bits per heavy atom. The maximum absolute atomic E-state index is 13.3. The number of allylic oxidation sites excluding steroid dienone is 4. The fourth-order valence-corrected chi connectivity index (χ4v) is 2.29. The Morgan fingerprint density at radius 2 is 2.24 bits per heavy atom. The minimum atomic E-state index is -0.299. The van der Waals surface area contributed by atoms with Crippen molar-refractivity contribution in [3.05, 3.63) is 60.0 Å². The Labute approximate surface area is 101 Å². The summed E-state index contributed by atoms with van der Waals surface area (Å²) in [7, 11) is 0. The fourth-order valence-electron chi connectivity index (χ4n) is 2.29. The number of nitrogens with zero attached hydrogens (tertiary/aromatic N) is 1. The molecule has 2 heteroatoms. The van der Waals surface area contributed by atoms with Gasteiger partial charge in [-0.25, -0.2) is 4.39 Å². The van der Waals surface area contributed by atoms with Crippen molar-refractivity contribution in [1.29, 1.82) is 5.26 Å². The molecule has 1 aliphatic carbocycles. The molecule has 0 aromatic heterocycles. The standard InChI is InChI=1S/C15H14FN/c1-15(13-6-4-7-14(16)11-13)9-3-2-5-12(15)8-10-17/h2-7,9,11-12H,8H2,1H3. The van der Waals surface area contributed by atoms with Crippen molar-refractivity contribution in [2.24, 2.45) is 5.92 Å². The summed E-state index contributed by atoms with van der Waals surface area (Å²) >= 11 is 0. The molecule has 0 amide bonds. The van der Waals surface area contributed by atoms with Crippen LogP contribution in [0.25, 0.3) is 0 Å². The first-order valence-corrected chi connectivity index (χ1v) is 5.66. The summed E-state index contributed by atoms with van der Waals surface area (Å²) in [5, 5.41) is 8.87. The second-order valence-corrected chi connectivity index (χ2v) is 4.51. The normalized spacial score (nSPS) is 26.8. The van der Waals surface area contributed by atoms with E-state index in [4.69, 9.17) is 5.26 Å². The van der Waals surface area contributed by atoms with E-state index in [0.717, 1.165) is 5.56 Å². The summed E-state index contributed by atoms with van der Waals surface area (Å²) in [4.78, 5) is 0. The minimum absolute atomic E-state index is 0.0966. The van der Waals surface area contributed by atoms with E-state index in [1.54, 1.807) is 12.1 Å². The van der Waals surface area contributed by atoms with Gasteiger partial charge in [0, 0.05) is 17.8 Å². The Kier molecular flexibility index (Phi) is 3.10. The molecule has 0 saturated carbocycles. The average Bonchev–Trinajstić information content (AvgIpc) is 2.32. The molecule has 17 heavy (non-hydrogen) atoms. The molecule has 0 spiro atoms. The van der Waals surface area contributed by atoms with Gasteiger partial charge in [-0.3, -0.25) is 0 Å². The molecule has 1 aromatic rings. The lowest BCUT2D eigenvalue weighted by Crippen LogP contribution is -2.30. The van der Waals surface area contributed by atoms with Gasteiger partial charge in [-0.05, 0) is 17.7 Å². The highest BCUT2D eigenvalue weighted by Gasteiger charge is 2.33. The van der Waals surface area contributed by atoms with Gasteiger partial charge in [0.2, 0.25) is 0 Å². The van der Waals surface area contributed by atoms with E-state index in [9.17, 15) is 4.39 Å². The van der Waals surface area contributed by atoms with Crippen LogP contribution in [0.5, 0.6) is 0 Å². The second kappa shape index (κ2) is 4.55. The molecule has 1 nitrogen and oxygen atoms in total. The number of hydrogen-bond donors (Lipinski definition) is 0. The van der Waals surface area contributed by atoms with Gasteiger partial charge in [0.15, 0.2) is 0 Å². The molecule has 1 aromatic carbocycles. The largest absolute Gasteiger partial charge is 0.207 e. The predicted octanol–water partition coefficient (Wildman–Crippen LogP) is 3.74. The van der Waals surface area contributed by atoms with Crippen LogP contribution < -0.4 is 0 Å². The minimum Gasteiger partial charge on any atom is -0.207 e. The first-order valence-electron chi connectivity index (χ1n) is 5.66. The summed E-state index contributed by atoms with van der Waals surface area (Å²) in [6.45, 7) is 2.05. The molecule has 0 N–H and O–H groups in total.